The smallest absolute Gasteiger partial charge is 0.289 e. The van der Waals surface area contributed by atoms with Crippen molar-refractivity contribution < 1.29 is 4.79 Å². The second-order valence-corrected chi connectivity index (χ2v) is 7.50. The predicted octanol–water partition coefficient (Wildman–Crippen LogP) is 3.94. The Kier molecular flexibility index (Phi) is 5.34. The average molecular weight is 390 g/mol. The van der Waals surface area contributed by atoms with Gasteiger partial charge in [0.1, 0.15) is 5.82 Å². The number of aryl methyl sites for hydroxylation is 1. The third kappa shape index (κ3) is 3.50. The summed E-state index contributed by atoms with van der Waals surface area (Å²) in [6.45, 7) is 10.2. The first-order chi connectivity index (χ1) is 14.1. The van der Waals surface area contributed by atoms with Crippen LogP contribution in [0.4, 0.5) is 5.82 Å². The highest BCUT2D eigenvalue weighted by molar-refractivity contribution is 5.98. The van der Waals surface area contributed by atoms with Gasteiger partial charge in [-0.3, -0.25) is 9.36 Å². The van der Waals surface area contributed by atoms with Crippen molar-refractivity contribution in [2.75, 3.05) is 24.5 Å². The Morgan fingerprint density at radius 1 is 1.14 bits per heavy atom. The van der Waals surface area contributed by atoms with Crippen molar-refractivity contribution in [3.8, 4) is 5.69 Å². The highest BCUT2D eigenvalue weighted by Crippen LogP contribution is 2.34. The second kappa shape index (κ2) is 8.07. The minimum absolute atomic E-state index is 0.203. The molecular formula is C23H27N5O. The summed E-state index contributed by atoms with van der Waals surface area (Å²) in [5.41, 5.74) is 4.08. The summed E-state index contributed by atoms with van der Waals surface area (Å²) in [6.07, 6.45) is 5.17. The summed E-state index contributed by atoms with van der Waals surface area (Å²) < 4.78 is 2.13. The third-order valence-corrected chi connectivity index (χ3v) is 5.62. The summed E-state index contributed by atoms with van der Waals surface area (Å²) in [4.78, 5) is 24.5. The van der Waals surface area contributed by atoms with E-state index in [1.807, 2.05) is 18.2 Å². The summed E-state index contributed by atoms with van der Waals surface area (Å²) in [6, 6.07) is 10.2. The molecule has 1 N–H and O–H groups in total. The number of carbonyl (C=O) groups excluding carboxylic acids is 1. The fourth-order valence-electron chi connectivity index (χ4n) is 4.02. The molecule has 0 atom stereocenters. The molecule has 0 bridgehead atoms. The number of anilines is 1. The van der Waals surface area contributed by atoms with Gasteiger partial charge in [0, 0.05) is 31.0 Å². The fraction of sp³-hybridized carbons (Fsp3) is 0.348. The van der Waals surface area contributed by atoms with Crippen LogP contribution in [0.3, 0.4) is 0 Å². The zero-order valence-corrected chi connectivity index (χ0v) is 17.1. The van der Waals surface area contributed by atoms with E-state index in [1.54, 1.807) is 6.08 Å². The summed E-state index contributed by atoms with van der Waals surface area (Å²) >= 11 is 0. The Bertz CT molecular complexity index is 1050. The van der Waals surface area contributed by atoms with Crippen LogP contribution < -0.4 is 10.2 Å². The molecule has 3 heterocycles. The van der Waals surface area contributed by atoms with Gasteiger partial charge in [0.05, 0.1) is 5.39 Å². The zero-order valence-electron chi connectivity index (χ0n) is 17.1. The summed E-state index contributed by atoms with van der Waals surface area (Å²) in [7, 11) is 0. The minimum Gasteiger partial charge on any atom is -0.356 e. The fourth-order valence-corrected chi connectivity index (χ4v) is 4.02. The van der Waals surface area contributed by atoms with Crippen LogP contribution in [0.2, 0.25) is 0 Å². The number of hydrogen-bond donors (Lipinski definition) is 1. The molecule has 4 rings (SSSR count). The lowest BCUT2D eigenvalue weighted by atomic mass is 10.1. The van der Waals surface area contributed by atoms with Crippen molar-refractivity contribution in [3.05, 3.63) is 60.1 Å². The molecule has 3 aromatic rings. The quantitative estimate of drug-likeness (QED) is 0.671. The van der Waals surface area contributed by atoms with Crippen LogP contribution in [0.5, 0.6) is 0 Å². The highest BCUT2D eigenvalue weighted by atomic mass is 16.2. The first-order valence-corrected chi connectivity index (χ1v) is 10.2. The SMILES string of the molecule is C=CCNC(=O)c1nc(N2CCCCC2)c2c(C)c(C)n(-c3ccccc3)c2n1. The van der Waals surface area contributed by atoms with Gasteiger partial charge in [0.15, 0.2) is 5.65 Å². The number of hydrogen-bond acceptors (Lipinski definition) is 4. The Morgan fingerprint density at radius 2 is 1.86 bits per heavy atom. The molecule has 1 fully saturated rings. The number of para-hydroxylation sites is 1. The molecule has 0 radical (unpaired) electrons. The van der Waals surface area contributed by atoms with E-state index in [1.165, 1.54) is 6.42 Å². The van der Waals surface area contributed by atoms with Crippen molar-refractivity contribution >= 4 is 22.8 Å². The number of piperidine rings is 1. The van der Waals surface area contributed by atoms with E-state index in [0.29, 0.717) is 6.54 Å². The summed E-state index contributed by atoms with van der Waals surface area (Å²) in [5.74, 6) is 0.796. The molecule has 1 amide bonds. The molecule has 29 heavy (non-hydrogen) atoms. The largest absolute Gasteiger partial charge is 0.356 e. The lowest BCUT2D eigenvalue weighted by Crippen LogP contribution is -2.32. The van der Waals surface area contributed by atoms with E-state index in [-0.39, 0.29) is 11.7 Å². The molecule has 0 spiro atoms. The van der Waals surface area contributed by atoms with Crippen LogP contribution in [-0.4, -0.2) is 40.1 Å². The van der Waals surface area contributed by atoms with Gasteiger partial charge in [0.25, 0.3) is 5.91 Å². The summed E-state index contributed by atoms with van der Waals surface area (Å²) in [5, 5.41) is 3.85. The predicted molar refractivity (Wildman–Crippen MR) is 117 cm³/mol. The Morgan fingerprint density at radius 3 is 2.55 bits per heavy atom. The second-order valence-electron chi connectivity index (χ2n) is 7.50. The van der Waals surface area contributed by atoms with Crippen LogP contribution in [0.15, 0.2) is 43.0 Å². The number of fused-ring (bicyclic) bond motifs is 1. The first-order valence-electron chi connectivity index (χ1n) is 10.2. The molecule has 6 nitrogen and oxygen atoms in total. The van der Waals surface area contributed by atoms with Crippen molar-refractivity contribution in [2.45, 2.75) is 33.1 Å². The topological polar surface area (TPSA) is 63.1 Å². The maximum Gasteiger partial charge on any atom is 0.289 e. The molecule has 150 valence electrons. The molecule has 6 heteroatoms. The molecule has 1 aliphatic heterocycles. The van der Waals surface area contributed by atoms with E-state index in [2.05, 4.69) is 47.3 Å². The van der Waals surface area contributed by atoms with Crippen molar-refractivity contribution in [2.24, 2.45) is 0 Å². The van der Waals surface area contributed by atoms with Crippen LogP contribution in [0.1, 0.15) is 41.1 Å². The number of benzene rings is 1. The maximum atomic E-state index is 12.7. The van der Waals surface area contributed by atoms with Gasteiger partial charge in [0.2, 0.25) is 5.82 Å². The molecule has 1 saturated heterocycles. The van der Waals surface area contributed by atoms with Gasteiger partial charge in [-0.15, -0.1) is 6.58 Å². The molecule has 1 aromatic carbocycles. The molecule has 0 saturated carbocycles. The Labute approximate surface area is 171 Å². The van der Waals surface area contributed by atoms with Gasteiger partial charge < -0.3 is 10.2 Å². The van der Waals surface area contributed by atoms with E-state index >= 15 is 0 Å². The lowest BCUT2D eigenvalue weighted by Gasteiger charge is -2.28. The van der Waals surface area contributed by atoms with Crippen molar-refractivity contribution in [1.82, 2.24) is 19.9 Å². The molecule has 0 aliphatic carbocycles. The minimum atomic E-state index is -0.277. The van der Waals surface area contributed by atoms with E-state index in [4.69, 9.17) is 9.97 Å². The lowest BCUT2D eigenvalue weighted by molar-refractivity contribution is 0.0948. The number of rotatable bonds is 5. The van der Waals surface area contributed by atoms with E-state index in [0.717, 1.165) is 59.7 Å². The van der Waals surface area contributed by atoms with Crippen LogP contribution in [0, 0.1) is 13.8 Å². The van der Waals surface area contributed by atoms with Gasteiger partial charge in [-0.1, -0.05) is 24.3 Å². The monoisotopic (exact) mass is 389 g/mol. The maximum absolute atomic E-state index is 12.7. The molecular weight excluding hydrogens is 362 g/mol. The van der Waals surface area contributed by atoms with E-state index < -0.39 is 0 Å². The van der Waals surface area contributed by atoms with E-state index in [9.17, 15) is 4.79 Å². The van der Waals surface area contributed by atoms with Crippen molar-refractivity contribution in [3.63, 3.8) is 0 Å². The number of amides is 1. The zero-order chi connectivity index (χ0) is 20.4. The van der Waals surface area contributed by atoms with Gasteiger partial charge in [-0.05, 0) is 50.8 Å². The van der Waals surface area contributed by atoms with Gasteiger partial charge in [-0.2, -0.15) is 0 Å². The van der Waals surface area contributed by atoms with Crippen LogP contribution in [0.25, 0.3) is 16.7 Å². The van der Waals surface area contributed by atoms with Crippen LogP contribution in [-0.2, 0) is 0 Å². The van der Waals surface area contributed by atoms with Gasteiger partial charge in [-0.25, -0.2) is 9.97 Å². The normalized spacial score (nSPS) is 14.2. The standard InChI is InChI=1S/C23H27N5O/c1-4-13-24-23(29)20-25-21(27-14-9-6-10-15-27)19-16(2)17(3)28(22(19)26-20)18-11-7-5-8-12-18/h4-5,7-8,11-12H,1,6,9-10,13-15H2,2-3H3,(H,24,29). The van der Waals surface area contributed by atoms with Gasteiger partial charge >= 0.3 is 0 Å². The number of nitrogens with one attached hydrogen (secondary N) is 1. The highest BCUT2D eigenvalue weighted by Gasteiger charge is 2.25. The average Bonchev–Trinajstić information content (AvgIpc) is 3.02. The third-order valence-electron chi connectivity index (χ3n) is 5.62. The van der Waals surface area contributed by atoms with Crippen molar-refractivity contribution in [1.29, 1.82) is 0 Å². The molecule has 2 aromatic heterocycles. The van der Waals surface area contributed by atoms with Crippen LogP contribution >= 0.6 is 0 Å². The number of carbonyl (C=O) groups is 1. The Balaban J connectivity index is 1.97. The first kappa shape index (κ1) is 19.2. The number of nitrogens with zero attached hydrogens (tertiary/aromatic N) is 4. The Hall–Kier alpha value is -3.15. The molecule has 1 aliphatic rings. The molecule has 0 unspecified atom stereocenters. The number of aromatic nitrogens is 3.